The molecule has 0 amide bonds. The molecule has 0 aliphatic rings. The SMILES string of the molecule is C#CC(NCC)c1cccc(OCCC)c1. The summed E-state index contributed by atoms with van der Waals surface area (Å²) in [7, 11) is 0. The van der Waals surface area contributed by atoms with Crippen LogP contribution in [0.15, 0.2) is 24.3 Å². The van der Waals surface area contributed by atoms with Crippen LogP contribution >= 0.6 is 0 Å². The summed E-state index contributed by atoms with van der Waals surface area (Å²) in [4.78, 5) is 0. The summed E-state index contributed by atoms with van der Waals surface area (Å²) in [5.74, 6) is 3.62. The lowest BCUT2D eigenvalue weighted by molar-refractivity contribution is 0.317. The van der Waals surface area contributed by atoms with Crippen molar-refractivity contribution >= 4 is 0 Å². The fourth-order valence-corrected chi connectivity index (χ4v) is 1.48. The summed E-state index contributed by atoms with van der Waals surface area (Å²) in [5, 5.41) is 3.24. The van der Waals surface area contributed by atoms with Crippen LogP contribution in [0.25, 0.3) is 0 Å². The second-order valence-electron chi connectivity index (χ2n) is 3.58. The second-order valence-corrected chi connectivity index (χ2v) is 3.58. The molecule has 0 aliphatic carbocycles. The van der Waals surface area contributed by atoms with Crippen LogP contribution in [0.3, 0.4) is 0 Å². The maximum absolute atomic E-state index is 5.57. The first-order chi connectivity index (χ1) is 7.81. The molecule has 0 bridgehead atoms. The zero-order valence-corrected chi connectivity index (χ0v) is 9.99. The number of benzene rings is 1. The molecule has 1 unspecified atom stereocenters. The van der Waals surface area contributed by atoms with Crippen molar-refractivity contribution in [2.45, 2.75) is 26.3 Å². The van der Waals surface area contributed by atoms with Gasteiger partial charge in [0.1, 0.15) is 5.75 Å². The molecule has 0 radical (unpaired) electrons. The first-order valence-electron chi connectivity index (χ1n) is 5.74. The highest BCUT2D eigenvalue weighted by molar-refractivity contribution is 5.33. The molecular weight excluding hydrogens is 198 g/mol. The molecule has 86 valence electrons. The minimum Gasteiger partial charge on any atom is -0.494 e. The van der Waals surface area contributed by atoms with Gasteiger partial charge in [-0.2, -0.15) is 0 Å². The van der Waals surface area contributed by atoms with Crippen LogP contribution in [0.2, 0.25) is 0 Å². The molecule has 0 saturated carbocycles. The van der Waals surface area contributed by atoms with Gasteiger partial charge in [-0.05, 0) is 30.7 Å². The van der Waals surface area contributed by atoms with Gasteiger partial charge in [0, 0.05) is 0 Å². The van der Waals surface area contributed by atoms with Crippen molar-refractivity contribution in [3.05, 3.63) is 29.8 Å². The van der Waals surface area contributed by atoms with Gasteiger partial charge in [-0.25, -0.2) is 0 Å². The van der Waals surface area contributed by atoms with Crippen molar-refractivity contribution in [1.82, 2.24) is 5.32 Å². The number of hydrogen-bond acceptors (Lipinski definition) is 2. The summed E-state index contributed by atoms with van der Waals surface area (Å²) in [6.45, 7) is 5.73. The first-order valence-corrected chi connectivity index (χ1v) is 5.74. The summed E-state index contributed by atoms with van der Waals surface area (Å²) < 4.78 is 5.57. The molecule has 0 spiro atoms. The zero-order chi connectivity index (χ0) is 11.8. The van der Waals surface area contributed by atoms with Gasteiger partial charge in [0.25, 0.3) is 0 Å². The lowest BCUT2D eigenvalue weighted by atomic mass is 10.1. The van der Waals surface area contributed by atoms with E-state index in [0.29, 0.717) is 0 Å². The highest BCUT2D eigenvalue weighted by Gasteiger charge is 2.06. The largest absolute Gasteiger partial charge is 0.494 e. The number of hydrogen-bond donors (Lipinski definition) is 1. The topological polar surface area (TPSA) is 21.3 Å². The summed E-state index contributed by atoms with van der Waals surface area (Å²) in [6.07, 6.45) is 6.50. The molecule has 1 N–H and O–H groups in total. The third-order valence-electron chi connectivity index (χ3n) is 2.24. The van der Waals surface area contributed by atoms with E-state index in [1.807, 2.05) is 31.2 Å². The van der Waals surface area contributed by atoms with Crippen LogP contribution < -0.4 is 10.1 Å². The van der Waals surface area contributed by atoms with Gasteiger partial charge in [-0.3, -0.25) is 0 Å². The van der Waals surface area contributed by atoms with Crippen molar-refractivity contribution in [1.29, 1.82) is 0 Å². The lowest BCUT2D eigenvalue weighted by Gasteiger charge is -2.13. The van der Waals surface area contributed by atoms with Crippen LogP contribution in [-0.4, -0.2) is 13.2 Å². The van der Waals surface area contributed by atoms with Gasteiger partial charge >= 0.3 is 0 Å². The Morgan fingerprint density at radius 2 is 2.25 bits per heavy atom. The Hall–Kier alpha value is -1.46. The van der Waals surface area contributed by atoms with Gasteiger partial charge in [0.05, 0.1) is 12.6 Å². The standard InChI is InChI=1S/C14H19NO/c1-4-10-16-13-9-7-8-12(11-13)14(5-2)15-6-3/h2,7-9,11,14-15H,4,6,10H2,1,3H3. The van der Waals surface area contributed by atoms with Crippen molar-refractivity contribution in [2.24, 2.45) is 0 Å². The predicted octanol–water partition coefficient (Wildman–Crippen LogP) is 2.76. The number of ether oxygens (including phenoxy) is 1. The molecule has 0 aliphatic heterocycles. The van der Waals surface area contributed by atoms with Gasteiger partial charge in [0.2, 0.25) is 0 Å². The first kappa shape index (κ1) is 12.6. The Morgan fingerprint density at radius 3 is 2.88 bits per heavy atom. The molecule has 1 aromatic carbocycles. The molecule has 1 rings (SSSR count). The summed E-state index contributed by atoms with van der Waals surface area (Å²) in [6, 6.07) is 7.92. The minimum absolute atomic E-state index is 0.0322. The van der Waals surface area contributed by atoms with E-state index >= 15 is 0 Å². The third kappa shape index (κ3) is 3.60. The summed E-state index contributed by atoms with van der Waals surface area (Å²) >= 11 is 0. The van der Waals surface area contributed by atoms with Crippen molar-refractivity contribution in [3.63, 3.8) is 0 Å². The Kier molecular flexibility index (Phi) is 5.45. The van der Waals surface area contributed by atoms with E-state index < -0.39 is 0 Å². The molecule has 0 aromatic heterocycles. The normalized spacial score (nSPS) is 11.8. The fourth-order valence-electron chi connectivity index (χ4n) is 1.48. The fraction of sp³-hybridized carbons (Fsp3) is 0.429. The zero-order valence-electron chi connectivity index (χ0n) is 9.99. The number of nitrogens with one attached hydrogen (secondary N) is 1. The van der Waals surface area contributed by atoms with E-state index in [4.69, 9.17) is 11.2 Å². The van der Waals surface area contributed by atoms with Crippen LogP contribution in [0.1, 0.15) is 31.9 Å². The molecule has 0 saturated heterocycles. The molecule has 2 heteroatoms. The van der Waals surface area contributed by atoms with E-state index in [9.17, 15) is 0 Å². The number of terminal acetylenes is 1. The van der Waals surface area contributed by atoms with Gasteiger partial charge in [-0.15, -0.1) is 6.42 Å². The Labute approximate surface area is 98.0 Å². The van der Waals surface area contributed by atoms with Crippen LogP contribution in [0, 0.1) is 12.3 Å². The lowest BCUT2D eigenvalue weighted by Crippen LogP contribution is -2.19. The molecular formula is C14H19NO. The highest BCUT2D eigenvalue weighted by Crippen LogP contribution is 2.19. The molecule has 1 atom stereocenters. The molecule has 2 nitrogen and oxygen atoms in total. The molecule has 1 aromatic rings. The van der Waals surface area contributed by atoms with E-state index in [-0.39, 0.29) is 6.04 Å². The van der Waals surface area contributed by atoms with Crippen molar-refractivity contribution in [2.75, 3.05) is 13.2 Å². The third-order valence-corrected chi connectivity index (χ3v) is 2.24. The van der Waals surface area contributed by atoms with Crippen LogP contribution in [0.4, 0.5) is 0 Å². The van der Waals surface area contributed by atoms with Gasteiger partial charge in [0.15, 0.2) is 0 Å². The Bertz CT molecular complexity index is 354. The van der Waals surface area contributed by atoms with Crippen molar-refractivity contribution < 1.29 is 4.74 Å². The number of rotatable bonds is 6. The maximum Gasteiger partial charge on any atom is 0.119 e. The average molecular weight is 217 g/mol. The van der Waals surface area contributed by atoms with E-state index in [1.165, 1.54) is 0 Å². The monoisotopic (exact) mass is 217 g/mol. The van der Waals surface area contributed by atoms with Gasteiger partial charge in [-0.1, -0.05) is 31.9 Å². The van der Waals surface area contributed by atoms with Crippen LogP contribution in [-0.2, 0) is 0 Å². The minimum atomic E-state index is -0.0322. The Morgan fingerprint density at radius 1 is 1.44 bits per heavy atom. The van der Waals surface area contributed by atoms with E-state index in [1.54, 1.807) is 0 Å². The Balaban J connectivity index is 2.76. The quantitative estimate of drug-likeness (QED) is 0.740. The molecule has 0 fully saturated rings. The maximum atomic E-state index is 5.57. The second kappa shape index (κ2) is 6.92. The van der Waals surface area contributed by atoms with E-state index in [0.717, 1.165) is 30.9 Å². The van der Waals surface area contributed by atoms with Crippen LogP contribution in [0.5, 0.6) is 5.75 Å². The molecule has 0 heterocycles. The summed E-state index contributed by atoms with van der Waals surface area (Å²) in [5.41, 5.74) is 1.08. The van der Waals surface area contributed by atoms with E-state index in [2.05, 4.69) is 18.2 Å². The smallest absolute Gasteiger partial charge is 0.119 e. The molecule has 16 heavy (non-hydrogen) atoms. The van der Waals surface area contributed by atoms with Gasteiger partial charge < -0.3 is 10.1 Å². The highest BCUT2D eigenvalue weighted by atomic mass is 16.5. The van der Waals surface area contributed by atoms with Crippen molar-refractivity contribution in [3.8, 4) is 18.1 Å². The average Bonchev–Trinajstić information content (AvgIpc) is 2.33. The predicted molar refractivity (Wildman–Crippen MR) is 67.5 cm³/mol.